The molecule has 0 unspecified atom stereocenters. The summed E-state index contributed by atoms with van der Waals surface area (Å²) < 4.78 is 7.17. The normalized spacial score (nSPS) is 14.2. The molecule has 5 rings (SSSR count). The summed E-state index contributed by atoms with van der Waals surface area (Å²) in [6.45, 7) is 4.01. The topological polar surface area (TPSA) is 97.7 Å². The maximum Gasteiger partial charge on any atom is 0.339 e. The number of para-hydroxylation sites is 1. The second-order valence-corrected chi connectivity index (χ2v) is 10.7. The molecule has 1 N–H and O–H groups in total. The standard InChI is InChI=1S/C31H26ClN3O5S/c1-3-40-30(38)24-15-21(13-14-25(24)32)33-28(36)18-35-29(37)27(41-31(35)39)16-23-19(2)34(17-20-9-5-4-6-10-20)26-12-8-7-11-22(23)26/h4-16H,3,17-18H2,1-2H3,(H,33,36)/b27-16-. The van der Waals surface area contributed by atoms with Crippen molar-refractivity contribution in [1.82, 2.24) is 9.47 Å². The number of halogens is 1. The third kappa shape index (κ3) is 5.91. The van der Waals surface area contributed by atoms with Crippen molar-refractivity contribution in [3.63, 3.8) is 0 Å². The molecule has 10 heteroatoms. The maximum atomic E-state index is 13.3. The first-order chi connectivity index (χ1) is 19.8. The zero-order valence-corrected chi connectivity index (χ0v) is 23.9. The molecule has 1 aliphatic rings. The van der Waals surface area contributed by atoms with Gasteiger partial charge in [-0.25, -0.2) is 4.79 Å². The highest BCUT2D eigenvalue weighted by molar-refractivity contribution is 8.18. The molecule has 0 bridgehead atoms. The van der Waals surface area contributed by atoms with Crippen LogP contribution in [0.25, 0.3) is 17.0 Å². The van der Waals surface area contributed by atoms with Crippen LogP contribution in [0.15, 0.2) is 77.7 Å². The minimum atomic E-state index is -0.620. The summed E-state index contributed by atoms with van der Waals surface area (Å²) in [4.78, 5) is 52.1. The first-order valence-corrected chi connectivity index (χ1v) is 14.1. The van der Waals surface area contributed by atoms with Crippen molar-refractivity contribution in [3.8, 4) is 0 Å². The van der Waals surface area contributed by atoms with Gasteiger partial charge in [0.1, 0.15) is 6.54 Å². The molecule has 3 amide bonds. The van der Waals surface area contributed by atoms with Crippen molar-refractivity contribution in [2.45, 2.75) is 20.4 Å². The van der Waals surface area contributed by atoms with Crippen molar-refractivity contribution in [2.24, 2.45) is 0 Å². The molecule has 0 saturated carbocycles. The van der Waals surface area contributed by atoms with Crippen LogP contribution in [-0.4, -0.2) is 45.6 Å². The van der Waals surface area contributed by atoms with E-state index in [0.717, 1.165) is 44.4 Å². The van der Waals surface area contributed by atoms with Crippen molar-refractivity contribution in [3.05, 3.63) is 105 Å². The molecule has 1 saturated heterocycles. The number of hydrogen-bond donors (Lipinski definition) is 1. The Morgan fingerprint density at radius 3 is 2.51 bits per heavy atom. The molecule has 1 fully saturated rings. The number of anilines is 1. The molecule has 0 spiro atoms. The van der Waals surface area contributed by atoms with Crippen LogP contribution in [0.3, 0.4) is 0 Å². The predicted molar refractivity (Wildman–Crippen MR) is 161 cm³/mol. The van der Waals surface area contributed by atoms with Crippen molar-refractivity contribution in [2.75, 3.05) is 18.5 Å². The number of esters is 1. The Labute approximate surface area is 245 Å². The lowest BCUT2D eigenvalue weighted by Gasteiger charge is -2.13. The Balaban J connectivity index is 1.36. The third-order valence-corrected chi connectivity index (χ3v) is 7.90. The molecular formula is C31H26ClN3O5S. The summed E-state index contributed by atoms with van der Waals surface area (Å²) in [6, 6.07) is 22.4. The first-order valence-electron chi connectivity index (χ1n) is 12.9. The molecular weight excluding hydrogens is 562 g/mol. The molecule has 208 valence electrons. The number of thioether (sulfide) groups is 1. The number of amides is 3. The molecule has 3 aromatic carbocycles. The number of hydrogen-bond acceptors (Lipinski definition) is 6. The van der Waals surface area contributed by atoms with Crippen molar-refractivity contribution < 1.29 is 23.9 Å². The van der Waals surface area contributed by atoms with Gasteiger partial charge >= 0.3 is 5.97 Å². The van der Waals surface area contributed by atoms with Gasteiger partial charge in [-0.3, -0.25) is 19.3 Å². The van der Waals surface area contributed by atoms with Gasteiger partial charge in [0.2, 0.25) is 5.91 Å². The number of nitrogens with zero attached hydrogens (tertiary/aromatic N) is 2. The summed E-state index contributed by atoms with van der Waals surface area (Å²) in [5.41, 5.74) is 4.35. The fourth-order valence-corrected chi connectivity index (χ4v) is 5.70. The SMILES string of the molecule is CCOC(=O)c1cc(NC(=O)CN2C(=O)S/C(=C\c3c(C)n(Cc4ccccc4)c4ccccc34)C2=O)ccc1Cl. The summed E-state index contributed by atoms with van der Waals surface area (Å²) in [7, 11) is 0. The summed E-state index contributed by atoms with van der Waals surface area (Å²) in [5, 5.41) is 3.22. The number of nitrogens with one attached hydrogen (secondary N) is 1. The second kappa shape index (κ2) is 12.0. The number of fused-ring (bicyclic) bond motifs is 1. The number of imide groups is 1. The van der Waals surface area contributed by atoms with Crippen LogP contribution in [-0.2, 0) is 20.9 Å². The van der Waals surface area contributed by atoms with Crippen LogP contribution in [0.1, 0.15) is 34.1 Å². The fourth-order valence-electron chi connectivity index (χ4n) is 4.69. The van der Waals surface area contributed by atoms with Crippen molar-refractivity contribution in [1.29, 1.82) is 0 Å². The molecule has 0 atom stereocenters. The number of carbonyl (C=O) groups excluding carboxylic acids is 4. The van der Waals surface area contributed by atoms with Gasteiger partial charge in [0.05, 0.1) is 22.1 Å². The Morgan fingerprint density at radius 1 is 1.02 bits per heavy atom. The van der Waals surface area contributed by atoms with Gasteiger partial charge in [0, 0.05) is 34.4 Å². The highest BCUT2D eigenvalue weighted by Crippen LogP contribution is 2.36. The Bertz CT molecular complexity index is 1710. The zero-order valence-electron chi connectivity index (χ0n) is 22.3. The van der Waals surface area contributed by atoms with Gasteiger partial charge in [-0.1, -0.05) is 60.1 Å². The van der Waals surface area contributed by atoms with Gasteiger partial charge in [-0.15, -0.1) is 0 Å². The Hall–Kier alpha value is -4.34. The van der Waals surface area contributed by atoms with E-state index in [1.165, 1.54) is 18.2 Å². The van der Waals surface area contributed by atoms with Gasteiger partial charge in [0.15, 0.2) is 0 Å². The van der Waals surface area contributed by atoms with Gasteiger partial charge < -0.3 is 14.6 Å². The largest absolute Gasteiger partial charge is 0.462 e. The Morgan fingerprint density at radius 2 is 1.76 bits per heavy atom. The predicted octanol–water partition coefficient (Wildman–Crippen LogP) is 6.50. The molecule has 1 aromatic heterocycles. The molecule has 2 heterocycles. The van der Waals surface area contributed by atoms with Crippen molar-refractivity contribution >= 4 is 69.1 Å². The van der Waals surface area contributed by atoms with E-state index in [2.05, 4.69) is 22.0 Å². The van der Waals surface area contributed by atoms with E-state index >= 15 is 0 Å². The zero-order chi connectivity index (χ0) is 29.1. The van der Waals surface area contributed by atoms with Crippen LogP contribution in [0.4, 0.5) is 10.5 Å². The Kier molecular flexibility index (Phi) is 8.28. The van der Waals surface area contributed by atoms with Gasteiger partial charge in [0.25, 0.3) is 11.1 Å². The van der Waals surface area contributed by atoms with Crippen LogP contribution in [0.5, 0.6) is 0 Å². The van der Waals surface area contributed by atoms with Crippen LogP contribution >= 0.6 is 23.4 Å². The quantitative estimate of drug-likeness (QED) is 0.187. The highest BCUT2D eigenvalue weighted by Gasteiger charge is 2.36. The molecule has 41 heavy (non-hydrogen) atoms. The fraction of sp³-hybridized carbons (Fsp3) is 0.161. The summed E-state index contributed by atoms with van der Waals surface area (Å²) in [6.07, 6.45) is 1.73. The number of carbonyl (C=O) groups is 4. The average Bonchev–Trinajstić information content (AvgIpc) is 3.38. The smallest absolute Gasteiger partial charge is 0.339 e. The molecule has 4 aromatic rings. The van der Waals surface area contributed by atoms with Gasteiger partial charge in [-0.2, -0.15) is 0 Å². The molecule has 1 aliphatic heterocycles. The lowest BCUT2D eigenvalue weighted by molar-refractivity contribution is -0.127. The monoisotopic (exact) mass is 587 g/mol. The number of rotatable bonds is 8. The van der Waals surface area contributed by atoms with E-state index in [4.69, 9.17) is 16.3 Å². The number of benzene rings is 3. The number of ether oxygens (including phenoxy) is 1. The summed E-state index contributed by atoms with van der Waals surface area (Å²) >= 11 is 6.89. The summed E-state index contributed by atoms with van der Waals surface area (Å²) in [5.74, 6) is -1.76. The van der Waals surface area contributed by atoms with Crippen LogP contribution in [0.2, 0.25) is 5.02 Å². The molecule has 8 nitrogen and oxygen atoms in total. The van der Waals surface area contributed by atoms with E-state index in [-0.39, 0.29) is 27.8 Å². The van der Waals surface area contributed by atoms with E-state index < -0.39 is 29.6 Å². The van der Waals surface area contributed by atoms with Gasteiger partial charge in [-0.05, 0) is 61.5 Å². The number of aromatic nitrogens is 1. The lowest BCUT2D eigenvalue weighted by atomic mass is 10.1. The second-order valence-electron chi connectivity index (χ2n) is 9.32. The molecule has 0 aliphatic carbocycles. The van der Waals surface area contributed by atoms with E-state index in [1.807, 2.05) is 49.4 Å². The maximum absolute atomic E-state index is 13.3. The first kappa shape index (κ1) is 28.2. The van der Waals surface area contributed by atoms with E-state index in [1.54, 1.807) is 13.0 Å². The van der Waals surface area contributed by atoms with E-state index in [9.17, 15) is 19.2 Å². The average molecular weight is 588 g/mol. The molecule has 0 radical (unpaired) electrons. The highest BCUT2D eigenvalue weighted by atomic mass is 35.5. The third-order valence-electron chi connectivity index (χ3n) is 6.66. The van der Waals surface area contributed by atoms with E-state index in [0.29, 0.717) is 6.54 Å². The lowest BCUT2D eigenvalue weighted by Crippen LogP contribution is -2.36. The van der Waals surface area contributed by atoms with Crippen LogP contribution < -0.4 is 5.32 Å². The minimum absolute atomic E-state index is 0.0993. The van der Waals surface area contributed by atoms with Crippen LogP contribution in [0, 0.1) is 6.92 Å². The minimum Gasteiger partial charge on any atom is -0.462 e.